The van der Waals surface area contributed by atoms with E-state index in [0.29, 0.717) is 6.54 Å². The van der Waals surface area contributed by atoms with Crippen LogP contribution < -0.4 is 5.73 Å². The lowest BCUT2D eigenvalue weighted by atomic mass is 9.60. The van der Waals surface area contributed by atoms with Crippen LogP contribution in [0, 0.1) is 11.3 Å². The van der Waals surface area contributed by atoms with E-state index in [0.717, 1.165) is 18.8 Å². The van der Waals surface area contributed by atoms with Crippen LogP contribution in [0.25, 0.3) is 0 Å². The van der Waals surface area contributed by atoms with Crippen LogP contribution in [0.3, 0.4) is 0 Å². The molecular formula is C8H17NO. The van der Waals surface area contributed by atoms with Crippen molar-refractivity contribution in [3.8, 4) is 0 Å². The fraction of sp³-hybridized carbons (Fsp3) is 1.00. The van der Waals surface area contributed by atoms with Gasteiger partial charge in [0, 0.05) is 12.0 Å². The Morgan fingerprint density at radius 2 is 2.20 bits per heavy atom. The number of aliphatic hydroxyl groups excluding tert-OH is 1. The van der Waals surface area contributed by atoms with Crippen LogP contribution >= 0.6 is 0 Å². The molecule has 1 fully saturated rings. The first-order chi connectivity index (χ1) is 4.60. The molecule has 0 unspecified atom stereocenters. The molecule has 1 aliphatic rings. The highest BCUT2D eigenvalue weighted by Gasteiger charge is 2.44. The molecule has 60 valence electrons. The van der Waals surface area contributed by atoms with E-state index in [2.05, 4.69) is 6.92 Å². The van der Waals surface area contributed by atoms with Crippen LogP contribution in [-0.4, -0.2) is 17.8 Å². The zero-order valence-corrected chi connectivity index (χ0v) is 6.80. The molecule has 0 aromatic carbocycles. The Hall–Kier alpha value is -0.0800. The summed E-state index contributed by atoms with van der Waals surface area (Å²) in [5, 5.41) is 9.36. The number of aliphatic hydroxyl groups is 1. The van der Waals surface area contributed by atoms with Gasteiger partial charge >= 0.3 is 0 Å². The zero-order valence-electron chi connectivity index (χ0n) is 6.80. The van der Waals surface area contributed by atoms with E-state index in [-0.39, 0.29) is 11.5 Å². The maximum absolute atomic E-state index is 9.36. The monoisotopic (exact) mass is 143 g/mol. The second-order valence-electron chi connectivity index (χ2n) is 3.76. The van der Waals surface area contributed by atoms with Gasteiger partial charge in [-0.1, -0.05) is 6.92 Å². The van der Waals surface area contributed by atoms with Gasteiger partial charge in [0.15, 0.2) is 0 Å². The molecule has 0 radical (unpaired) electrons. The van der Waals surface area contributed by atoms with Crippen LogP contribution in [0.5, 0.6) is 0 Å². The average Bonchev–Trinajstić information content (AvgIpc) is 1.79. The molecule has 2 heteroatoms. The van der Waals surface area contributed by atoms with E-state index in [9.17, 15) is 5.11 Å². The molecule has 0 spiro atoms. The highest BCUT2D eigenvalue weighted by Crippen LogP contribution is 2.46. The molecule has 0 heterocycles. The van der Waals surface area contributed by atoms with E-state index in [1.807, 2.05) is 6.92 Å². The summed E-state index contributed by atoms with van der Waals surface area (Å²) >= 11 is 0. The van der Waals surface area contributed by atoms with E-state index in [4.69, 9.17) is 5.73 Å². The Kier molecular flexibility index (Phi) is 2.02. The Labute approximate surface area is 62.4 Å². The largest absolute Gasteiger partial charge is 0.393 e. The minimum atomic E-state index is -0.228. The molecule has 1 aliphatic carbocycles. The molecule has 1 atom stereocenters. The third-order valence-corrected chi connectivity index (χ3v) is 2.80. The molecule has 0 bridgehead atoms. The molecule has 1 rings (SSSR count). The van der Waals surface area contributed by atoms with Gasteiger partial charge in [-0.25, -0.2) is 0 Å². The van der Waals surface area contributed by atoms with Gasteiger partial charge in [-0.2, -0.15) is 0 Å². The highest BCUT2D eigenvalue weighted by molar-refractivity contribution is 4.96. The van der Waals surface area contributed by atoms with Crippen molar-refractivity contribution in [2.24, 2.45) is 17.1 Å². The SMILES string of the molecule is CC1CC(CN)([C@@H](C)O)C1. The molecule has 0 aromatic rings. The van der Waals surface area contributed by atoms with Crippen molar-refractivity contribution in [2.75, 3.05) is 6.54 Å². The molecule has 0 aromatic heterocycles. The van der Waals surface area contributed by atoms with E-state index in [1.54, 1.807) is 0 Å². The van der Waals surface area contributed by atoms with E-state index >= 15 is 0 Å². The molecule has 0 aliphatic heterocycles. The molecule has 0 amide bonds. The topological polar surface area (TPSA) is 46.2 Å². The quantitative estimate of drug-likeness (QED) is 0.599. The van der Waals surface area contributed by atoms with Crippen LogP contribution in [0.2, 0.25) is 0 Å². The van der Waals surface area contributed by atoms with Gasteiger partial charge < -0.3 is 10.8 Å². The Bertz CT molecular complexity index is 116. The fourth-order valence-corrected chi connectivity index (χ4v) is 2.01. The Morgan fingerprint density at radius 3 is 2.30 bits per heavy atom. The second-order valence-corrected chi connectivity index (χ2v) is 3.76. The predicted molar refractivity (Wildman–Crippen MR) is 41.6 cm³/mol. The van der Waals surface area contributed by atoms with Crippen molar-refractivity contribution < 1.29 is 5.11 Å². The van der Waals surface area contributed by atoms with Gasteiger partial charge in [0.1, 0.15) is 0 Å². The number of hydrogen-bond acceptors (Lipinski definition) is 2. The van der Waals surface area contributed by atoms with E-state index < -0.39 is 0 Å². The first-order valence-electron chi connectivity index (χ1n) is 3.99. The molecule has 3 N–H and O–H groups in total. The van der Waals surface area contributed by atoms with Crippen molar-refractivity contribution >= 4 is 0 Å². The first kappa shape index (κ1) is 8.02. The summed E-state index contributed by atoms with van der Waals surface area (Å²) in [6.45, 7) is 4.68. The van der Waals surface area contributed by atoms with E-state index in [1.165, 1.54) is 0 Å². The lowest BCUT2D eigenvalue weighted by Gasteiger charge is -2.48. The van der Waals surface area contributed by atoms with Gasteiger partial charge in [-0.3, -0.25) is 0 Å². The second kappa shape index (κ2) is 2.51. The molecular weight excluding hydrogens is 126 g/mol. The van der Waals surface area contributed by atoms with Gasteiger partial charge in [-0.15, -0.1) is 0 Å². The van der Waals surface area contributed by atoms with Gasteiger partial charge in [-0.05, 0) is 25.7 Å². The average molecular weight is 143 g/mol. The zero-order chi connectivity index (χ0) is 7.78. The van der Waals surface area contributed by atoms with Crippen molar-refractivity contribution in [3.63, 3.8) is 0 Å². The number of rotatable bonds is 2. The van der Waals surface area contributed by atoms with Crippen molar-refractivity contribution in [3.05, 3.63) is 0 Å². The molecule has 2 nitrogen and oxygen atoms in total. The lowest BCUT2D eigenvalue weighted by molar-refractivity contribution is -0.0475. The summed E-state index contributed by atoms with van der Waals surface area (Å²) in [5.74, 6) is 0.762. The summed E-state index contributed by atoms with van der Waals surface area (Å²) in [7, 11) is 0. The van der Waals surface area contributed by atoms with Gasteiger partial charge in [0.05, 0.1) is 6.10 Å². The summed E-state index contributed by atoms with van der Waals surface area (Å²) in [4.78, 5) is 0. The summed E-state index contributed by atoms with van der Waals surface area (Å²) in [6, 6.07) is 0. The minimum absolute atomic E-state index is 0.0689. The fourth-order valence-electron chi connectivity index (χ4n) is 2.01. The van der Waals surface area contributed by atoms with Gasteiger partial charge in [0.2, 0.25) is 0 Å². The maximum Gasteiger partial charge on any atom is 0.0580 e. The Balaban J connectivity index is 2.48. The first-order valence-corrected chi connectivity index (χ1v) is 3.99. The van der Waals surface area contributed by atoms with Crippen LogP contribution in [-0.2, 0) is 0 Å². The van der Waals surface area contributed by atoms with Crippen LogP contribution in [0.15, 0.2) is 0 Å². The lowest BCUT2D eigenvalue weighted by Crippen LogP contribution is -2.49. The summed E-state index contributed by atoms with van der Waals surface area (Å²) in [6.07, 6.45) is 1.97. The smallest absolute Gasteiger partial charge is 0.0580 e. The predicted octanol–water partition coefficient (Wildman–Crippen LogP) is 0.742. The summed E-state index contributed by atoms with van der Waals surface area (Å²) < 4.78 is 0. The number of nitrogens with two attached hydrogens (primary N) is 1. The molecule has 0 saturated heterocycles. The molecule has 10 heavy (non-hydrogen) atoms. The van der Waals surface area contributed by atoms with Crippen LogP contribution in [0.4, 0.5) is 0 Å². The maximum atomic E-state index is 9.36. The normalized spacial score (nSPS) is 42.6. The minimum Gasteiger partial charge on any atom is -0.393 e. The van der Waals surface area contributed by atoms with Gasteiger partial charge in [0.25, 0.3) is 0 Å². The number of hydrogen-bond donors (Lipinski definition) is 2. The van der Waals surface area contributed by atoms with Crippen molar-refractivity contribution in [1.29, 1.82) is 0 Å². The third kappa shape index (κ3) is 1.06. The highest BCUT2D eigenvalue weighted by atomic mass is 16.3. The van der Waals surface area contributed by atoms with Crippen LogP contribution in [0.1, 0.15) is 26.7 Å². The Morgan fingerprint density at radius 1 is 1.70 bits per heavy atom. The summed E-state index contributed by atoms with van der Waals surface area (Å²) in [5.41, 5.74) is 5.64. The standard InChI is InChI=1S/C8H17NO/c1-6-3-8(4-6,5-9)7(2)10/h6-7,10H,3-5,9H2,1-2H3/t6?,7-,8?/m1/s1. The van der Waals surface area contributed by atoms with Crippen molar-refractivity contribution in [2.45, 2.75) is 32.8 Å². The van der Waals surface area contributed by atoms with Crippen molar-refractivity contribution in [1.82, 2.24) is 0 Å². The molecule has 1 saturated carbocycles. The third-order valence-electron chi connectivity index (χ3n) is 2.80.